The van der Waals surface area contributed by atoms with E-state index in [1.807, 2.05) is 42.2 Å². The molecular weight excluding hydrogens is 288 g/mol. The summed E-state index contributed by atoms with van der Waals surface area (Å²) in [5.74, 6) is 0.487. The summed E-state index contributed by atoms with van der Waals surface area (Å²) in [6.45, 7) is 2.46. The molecule has 1 atom stereocenters. The van der Waals surface area contributed by atoms with Crippen LogP contribution in [-0.4, -0.2) is 27.8 Å². The van der Waals surface area contributed by atoms with Crippen molar-refractivity contribution in [2.45, 2.75) is 63.1 Å². The molecule has 1 N–H and O–H groups in total. The Balaban J connectivity index is 1.72. The number of carbonyl (C=O) groups excluding carboxylic acids is 2. The van der Waals surface area contributed by atoms with E-state index < -0.39 is 11.1 Å². The number of hydrogen-bond donors (Lipinski definition) is 1. The van der Waals surface area contributed by atoms with Crippen molar-refractivity contribution in [1.82, 2.24) is 10.2 Å². The van der Waals surface area contributed by atoms with Gasteiger partial charge in [-0.3, -0.25) is 9.59 Å². The SMILES string of the molecule is CC1(C2CC2)NC(=O)C2(CCCC2)N(Cc2ccccc2)C1=O. The van der Waals surface area contributed by atoms with Gasteiger partial charge < -0.3 is 10.2 Å². The summed E-state index contributed by atoms with van der Waals surface area (Å²) in [5, 5.41) is 3.12. The van der Waals surface area contributed by atoms with E-state index in [4.69, 9.17) is 0 Å². The monoisotopic (exact) mass is 312 g/mol. The standard InChI is InChI=1S/C19H24N2O2/c1-18(15-9-10-15)17(23)21(13-14-7-3-2-4-8-14)19(16(22)20-18)11-5-6-12-19/h2-4,7-8,15H,5-6,9-13H2,1H3,(H,20,22). The molecule has 0 bridgehead atoms. The van der Waals surface area contributed by atoms with Gasteiger partial charge in [0.05, 0.1) is 0 Å². The highest BCUT2D eigenvalue weighted by Gasteiger charge is 2.61. The number of amides is 2. The van der Waals surface area contributed by atoms with Crippen molar-refractivity contribution in [2.24, 2.45) is 5.92 Å². The largest absolute Gasteiger partial charge is 0.340 e. The van der Waals surface area contributed by atoms with E-state index in [2.05, 4.69) is 5.32 Å². The minimum atomic E-state index is -0.709. The van der Waals surface area contributed by atoms with Crippen LogP contribution in [0, 0.1) is 5.92 Å². The zero-order valence-electron chi connectivity index (χ0n) is 13.7. The zero-order valence-corrected chi connectivity index (χ0v) is 13.7. The summed E-state index contributed by atoms with van der Waals surface area (Å²) in [4.78, 5) is 28.3. The van der Waals surface area contributed by atoms with Crippen molar-refractivity contribution in [3.63, 3.8) is 0 Å². The first-order chi connectivity index (χ1) is 11.1. The summed E-state index contributed by atoms with van der Waals surface area (Å²) in [7, 11) is 0. The fourth-order valence-electron chi connectivity index (χ4n) is 4.39. The summed E-state index contributed by atoms with van der Waals surface area (Å²) >= 11 is 0. The van der Waals surface area contributed by atoms with Crippen LogP contribution in [0.3, 0.4) is 0 Å². The van der Waals surface area contributed by atoms with Crippen molar-refractivity contribution >= 4 is 11.8 Å². The minimum Gasteiger partial charge on any atom is -0.340 e. The molecule has 2 amide bonds. The number of benzene rings is 1. The third-order valence-corrected chi connectivity index (χ3v) is 6.01. The van der Waals surface area contributed by atoms with Crippen LogP contribution in [0.1, 0.15) is 51.0 Å². The van der Waals surface area contributed by atoms with Gasteiger partial charge in [-0.15, -0.1) is 0 Å². The van der Waals surface area contributed by atoms with Gasteiger partial charge >= 0.3 is 0 Å². The fourth-order valence-corrected chi connectivity index (χ4v) is 4.39. The number of nitrogens with one attached hydrogen (secondary N) is 1. The zero-order chi connectivity index (χ0) is 16.1. The summed E-state index contributed by atoms with van der Waals surface area (Å²) in [5.41, 5.74) is -0.235. The highest BCUT2D eigenvalue weighted by atomic mass is 16.2. The van der Waals surface area contributed by atoms with Crippen LogP contribution in [0.4, 0.5) is 0 Å². The van der Waals surface area contributed by atoms with E-state index in [0.29, 0.717) is 12.5 Å². The summed E-state index contributed by atoms with van der Waals surface area (Å²) in [6.07, 6.45) is 5.69. The Morgan fingerprint density at radius 1 is 1.13 bits per heavy atom. The van der Waals surface area contributed by atoms with Crippen LogP contribution in [-0.2, 0) is 16.1 Å². The fraction of sp³-hybridized carbons (Fsp3) is 0.579. The molecule has 2 saturated carbocycles. The quantitative estimate of drug-likeness (QED) is 0.933. The average molecular weight is 312 g/mol. The molecule has 1 heterocycles. The Labute approximate surface area is 137 Å². The van der Waals surface area contributed by atoms with Gasteiger partial charge in [0.1, 0.15) is 11.1 Å². The Kier molecular flexibility index (Phi) is 3.26. The lowest BCUT2D eigenvalue weighted by Crippen LogP contribution is -2.74. The van der Waals surface area contributed by atoms with Crippen molar-refractivity contribution in [1.29, 1.82) is 0 Å². The lowest BCUT2D eigenvalue weighted by Gasteiger charge is -2.50. The number of piperazine rings is 1. The average Bonchev–Trinajstić information content (AvgIpc) is 3.30. The molecule has 122 valence electrons. The molecule has 23 heavy (non-hydrogen) atoms. The molecule has 1 aliphatic heterocycles. The molecule has 2 aliphatic carbocycles. The van der Waals surface area contributed by atoms with Gasteiger partial charge in [-0.25, -0.2) is 0 Å². The summed E-state index contributed by atoms with van der Waals surface area (Å²) in [6, 6.07) is 10.0. The second kappa shape index (κ2) is 5.08. The normalized spacial score (nSPS) is 29.9. The highest BCUT2D eigenvalue weighted by Crippen LogP contribution is 2.47. The molecule has 3 fully saturated rings. The Bertz CT molecular complexity index is 632. The maximum Gasteiger partial charge on any atom is 0.249 e. The molecule has 0 aromatic heterocycles. The summed E-state index contributed by atoms with van der Waals surface area (Å²) < 4.78 is 0. The first kappa shape index (κ1) is 14.7. The van der Waals surface area contributed by atoms with Crippen LogP contribution in [0.15, 0.2) is 30.3 Å². The molecule has 1 aromatic rings. The molecule has 1 aromatic carbocycles. The minimum absolute atomic E-state index is 0.0694. The van der Waals surface area contributed by atoms with Crippen LogP contribution in [0.2, 0.25) is 0 Å². The predicted octanol–water partition coefficient (Wildman–Crippen LogP) is 2.63. The Morgan fingerprint density at radius 3 is 2.39 bits per heavy atom. The highest BCUT2D eigenvalue weighted by molar-refractivity contribution is 6.02. The maximum absolute atomic E-state index is 13.4. The van der Waals surface area contributed by atoms with Crippen molar-refractivity contribution in [2.75, 3.05) is 0 Å². The first-order valence-electron chi connectivity index (χ1n) is 8.75. The maximum atomic E-state index is 13.4. The van der Waals surface area contributed by atoms with Gasteiger partial charge in [0.15, 0.2) is 0 Å². The van der Waals surface area contributed by atoms with Crippen LogP contribution in [0.5, 0.6) is 0 Å². The molecule has 0 radical (unpaired) electrons. The van der Waals surface area contributed by atoms with Gasteiger partial charge in [0, 0.05) is 6.54 Å². The lowest BCUT2D eigenvalue weighted by molar-refractivity contribution is -0.164. The van der Waals surface area contributed by atoms with Crippen molar-refractivity contribution in [3.8, 4) is 0 Å². The lowest BCUT2D eigenvalue weighted by atomic mass is 9.82. The second-order valence-corrected chi connectivity index (χ2v) is 7.55. The number of nitrogens with zero attached hydrogens (tertiary/aromatic N) is 1. The van der Waals surface area contributed by atoms with Crippen LogP contribution >= 0.6 is 0 Å². The topological polar surface area (TPSA) is 49.4 Å². The van der Waals surface area contributed by atoms with E-state index in [0.717, 1.165) is 44.1 Å². The molecule has 1 spiro atoms. The Hall–Kier alpha value is -1.84. The van der Waals surface area contributed by atoms with E-state index in [1.54, 1.807) is 0 Å². The number of hydrogen-bond acceptors (Lipinski definition) is 2. The third kappa shape index (κ3) is 2.19. The van der Waals surface area contributed by atoms with E-state index in [-0.39, 0.29) is 11.8 Å². The Morgan fingerprint density at radius 2 is 1.78 bits per heavy atom. The van der Waals surface area contributed by atoms with Gasteiger partial charge in [-0.05, 0) is 44.1 Å². The van der Waals surface area contributed by atoms with Crippen LogP contribution < -0.4 is 5.32 Å². The molecule has 4 rings (SSSR count). The molecule has 1 saturated heterocycles. The second-order valence-electron chi connectivity index (χ2n) is 7.55. The molecule has 3 aliphatic rings. The molecular formula is C19H24N2O2. The van der Waals surface area contributed by atoms with Crippen molar-refractivity contribution in [3.05, 3.63) is 35.9 Å². The number of rotatable bonds is 3. The van der Waals surface area contributed by atoms with Gasteiger partial charge in [0.25, 0.3) is 0 Å². The smallest absolute Gasteiger partial charge is 0.249 e. The molecule has 1 unspecified atom stereocenters. The van der Waals surface area contributed by atoms with E-state index in [9.17, 15) is 9.59 Å². The molecule has 4 nitrogen and oxygen atoms in total. The van der Waals surface area contributed by atoms with Gasteiger partial charge in [0.2, 0.25) is 11.8 Å². The molecule has 4 heteroatoms. The van der Waals surface area contributed by atoms with E-state index in [1.165, 1.54) is 0 Å². The van der Waals surface area contributed by atoms with Gasteiger partial charge in [-0.2, -0.15) is 0 Å². The van der Waals surface area contributed by atoms with Crippen LogP contribution in [0.25, 0.3) is 0 Å². The van der Waals surface area contributed by atoms with E-state index >= 15 is 0 Å². The number of carbonyl (C=O) groups is 2. The van der Waals surface area contributed by atoms with Crippen molar-refractivity contribution < 1.29 is 9.59 Å². The first-order valence-corrected chi connectivity index (χ1v) is 8.75. The third-order valence-electron chi connectivity index (χ3n) is 6.01. The van der Waals surface area contributed by atoms with Gasteiger partial charge in [-0.1, -0.05) is 43.2 Å². The predicted molar refractivity (Wildman–Crippen MR) is 87.5 cm³/mol.